The molecule has 0 aliphatic rings. The molecular weight excluding hydrogens is 346 g/mol. The third-order valence-electron chi connectivity index (χ3n) is 3.65. The number of benzene rings is 1. The minimum Gasteiger partial charge on any atom is -0.481 e. The Morgan fingerprint density at radius 2 is 1.68 bits per heavy atom. The molecule has 1 aromatic carbocycles. The molecule has 0 aliphatic heterocycles. The Morgan fingerprint density at radius 3 is 2.12 bits per heavy atom. The Morgan fingerprint density at radius 1 is 1.16 bits per heavy atom. The molecule has 0 saturated heterocycles. The lowest BCUT2D eigenvalue weighted by Gasteiger charge is -2.19. The molecule has 7 nitrogen and oxygen atoms in total. The summed E-state index contributed by atoms with van der Waals surface area (Å²) in [6, 6.07) is 3.16. The van der Waals surface area contributed by atoms with E-state index < -0.39 is 27.2 Å². The van der Waals surface area contributed by atoms with Crippen molar-refractivity contribution in [2.24, 2.45) is 0 Å². The lowest BCUT2D eigenvalue weighted by atomic mass is 10.1. The molecule has 0 heterocycles. The summed E-state index contributed by atoms with van der Waals surface area (Å²) in [6.45, 7) is 7.84. The van der Waals surface area contributed by atoms with E-state index in [1.54, 1.807) is 46.8 Å². The Labute approximate surface area is 148 Å². The van der Waals surface area contributed by atoms with Crippen LogP contribution in [0.2, 0.25) is 0 Å². The van der Waals surface area contributed by atoms with Gasteiger partial charge in [0, 0.05) is 12.1 Å². The van der Waals surface area contributed by atoms with Crippen molar-refractivity contribution in [1.29, 1.82) is 0 Å². The number of amides is 1. The van der Waals surface area contributed by atoms with Crippen molar-refractivity contribution in [3.8, 4) is 5.75 Å². The Kier molecular flexibility index (Phi) is 6.59. The van der Waals surface area contributed by atoms with Gasteiger partial charge in [0.25, 0.3) is 5.91 Å². The third kappa shape index (κ3) is 5.74. The van der Waals surface area contributed by atoms with Crippen LogP contribution in [0, 0.1) is 13.8 Å². The molecule has 0 unspecified atom stereocenters. The van der Waals surface area contributed by atoms with Gasteiger partial charge in [-0.1, -0.05) is 0 Å². The molecule has 8 heteroatoms. The first-order valence-electron chi connectivity index (χ1n) is 7.81. The number of carboxylic acid groups (broad SMARTS) is 1. The van der Waals surface area contributed by atoms with E-state index in [0.717, 1.165) is 0 Å². The van der Waals surface area contributed by atoms with Crippen molar-refractivity contribution >= 4 is 21.7 Å². The van der Waals surface area contributed by atoms with E-state index >= 15 is 0 Å². The van der Waals surface area contributed by atoms with Crippen LogP contribution in [0.5, 0.6) is 5.75 Å². The zero-order chi connectivity index (χ0) is 19.4. The predicted octanol–water partition coefficient (Wildman–Crippen LogP) is 1.71. The van der Waals surface area contributed by atoms with E-state index in [1.165, 1.54) is 0 Å². The molecule has 25 heavy (non-hydrogen) atoms. The second-order valence-electron chi connectivity index (χ2n) is 6.81. The van der Waals surface area contributed by atoms with Crippen molar-refractivity contribution in [2.45, 2.75) is 39.4 Å². The van der Waals surface area contributed by atoms with Gasteiger partial charge in [0.2, 0.25) is 0 Å². The lowest BCUT2D eigenvalue weighted by molar-refractivity contribution is -0.139. The summed E-state index contributed by atoms with van der Waals surface area (Å²) in [5, 5.41) is 11.3. The van der Waals surface area contributed by atoms with Crippen LogP contribution in [0.15, 0.2) is 12.1 Å². The summed E-state index contributed by atoms with van der Waals surface area (Å²) in [5.74, 6) is -1.19. The predicted molar refractivity (Wildman–Crippen MR) is 94.9 cm³/mol. The zero-order valence-corrected chi connectivity index (χ0v) is 16.0. The van der Waals surface area contributed by atoms with Crippen molar-refractivity contribution < 1.29 is 27.9 Å². The fourth-order valence-electron chi connectivity index (χ4n) is 2.15. The highest BCUT2D eigenvalue weighted by Crippen LogP contribution is 2.25. The minimum atomic E-state index is -3.30. The smallest absolute Gasteiger partial charge is 0.341 e. The van der Waals surface area contributed by atoms with E-state index in [0.29, 0.717) is 22.4 Å². The van der Waals surface area contributed by atoms with E-state index in [2.05, 4.69) is 5.32 Å². The van der Waals surface area contributed by atoms with Gasteiger partial charge in [-0.3, -0.25) is 4.79 Å². The number of carboxylic acids is 1. The fraction of sp³-hybridized carbons (Fsp3) is 0.529. The van der Waals surface area contributed by atoms with Crippen LogP contribution < -0.4 is 10.1 Å². The largest absolute Gasteiger partial charge is 0.481 e. The number of nitrogens with one attached hydrogen (secondary N) is 1. The SMILES string of the molecule is Cc1cc(C(=O)NCCS(=O)(=O)C(C)(C)C)cc(C)c1OCC(=O)O. The molecule has 0 aromatic heterocycles. The Bertz CT molecular complexity index is 739. The van der Waals surface area contributed by atoms with Gasteiger partial charge < -0.3 is 15.2 Å². The maximum Gasteiger partial charge on any atom is 0.341 e. The molecule has 0 fully saturated rings. The monoisotopic (exact) mass is 371 g/mol. The second-order valence-corrected chi connectivity index (χ2v) is 9.67. The van der Waals surface area contributed by atoms with Crippen molar-refractivity contribution in [2.75, 3.05) is 18.9 Å². The molecule has 0 atom stereocenters. The maximum atomic E-state index is 12.2. The summed E-state index contributed by atoms with van der Waals surface area (Å²) >= 11 is 0. The first-order chi connectivity index (χ1) is 11.3. The van der Waals surface area contributed by atoms with Crippen LogP contribution in [-0.2, 0) is 14.6 Å². The van der Waals surface area contributed by atoms with Crippen LogP contribution in [0.3, 0.4) is 0 Å². The number of sulfone groups is 1. The number of hydrogen-bond acceptors (Lipinski definition) is 5. The number of hydrogen-bond donors (Lipinski definition) is 2. The van der Waals surface area contributed by atoms with Gasteiger partial charge >= 0.3 is 5.97 Å². The third-order valence-corrected chi connectivity index (χ3v) is 6.26. The van der Waals surface area contributed by atoms with Crippen LogP contribution >= 0.6 is 0 Å². The number of carbonyl (C=O) groups excluding carboxylic acids is 1. The minimum absolute atomic E-state index is 0.0216. The maximum absolute atomic E-state index is 12.2. The number of carbonyl (C=O) groups is 2. The molecule has 2 N–H and O–H groups in total. The van der Waals surface area contributed by atoms with Gasteiger partial charge in [-0.05, 0) is 57.9 Å². The van der Waals surface area contributed by atoms with Crippen LogP contribution in [-0.4, -0.2) is 49.1 Å². The fourth-order valence-corrected chi connectivity index (χ4v) is 3.13. The van der Waals surface area contributed by atoms with Gasteiger partial charge in [0.05, 0.1) is 10.5 Å². The summed E-state index contributed by atoms with van der Waals surface area (Å²) in [6.07, 6.45) is 0. The highest BCUT2D eigenvalue weighted by atomic mass is 32.2. The standard InChI is InChI=1S/C17H25NO6S/c1-11-8-13(9-12(2)15(11)24-10-14(19)20)16(21)18-6-7-25(22,23)17(3,4)5/h8-9H,6-7,10H2,1-5H3,(H,18,21)(H,19,20). The molecule has 0 bridgehead atoms. The lowest BCUT2D eigenvalue weighted by Crippen LogP contribution is -2.36. The molecule has 1 aromatic rings. The normalized spacial score (nSPS) is 11.9. The molecule has 1 rings (SSSR count). The molecular formula is C17H25NO6S. The molecule has 0 radical (unpaired) electrons. The van der Waals surface area contributed by atoms with E-state index in [-0.39, 0.29) is 18.2 Å². The molecule has 0 saturated carbocycles. The molecule has 0 aliphatic carbocycles. The van der Waals surface area contributed by atoms with Gasteiger partial charge in [-0.15, -0.1) is 0 Å². The Hall–Kier alpha value is -2.09. The van der Waals surface area contributed by atoms with E-state index in [4.69, 9.17) is 9.84 Å². The summed E-state index contributed by atoms with van der Waals surface area (Å²) in [4.78, 5) is 22.8. The quantitative estimate of drug-likeness (QED) is 0.755. The second kappa shape index (κ2) is 7.86. The molecule has 1 amide bonds. The van der Waals surface area contributed by atoms with E-state index in [1.807, 2.05) is 0 Å². The summed E-state index contributed by atoms with van der Waals surface area (Å²) in [5.41, 5.74) is 1.63. The number of aryl methyl sites for hydroxylation is 2. The first-order valence-corrected chi connectivity index (χ1v) is 9.46. The summed E-state index contributed by atoms with van der Waals surface area (Å²) in [7, 11) is -3.30. The van der Waals surface area contributed by atoms with Gasteiger partial charge in [-0.25, -0.2) is 13.2 Å². The van der Waals surface area contributed by atoms with Gasteiger partial charge in [-0.2, -0.15) is 0 Å². The average molecular weight is 371 g/mol. The van der Waals surface area contributed by atoms with Crippen molar-refractivity contribution in [1.82, 2.24) is 5.32 Å². The Balaban J connectivity index is 2.79. The topological polar surface area (TPSA) is 110 Å². The number of aliphatic carboxylic acids is 1. The van der Waals surface area contributed by atoms with Crippen molar-refractivity contribution in [3.63, 3.8) is 0 Å². The van der Waals surface area contributed by atoms with E-state index in [9.17, 15) is 18.0 Å². The van der Waals surface area contributed by atoms with Crippen LogP contribution in [0.1, 0.15) is 42.3 Å². The van der Waals surface area contributed by atoms with Crippen LogP contribution in [0.4, 0.5) is 0 Å². The summed E-state index contributed by atoms with van der Waals surface area (Å²) < 4.78 is 28.4. The number of rotatable bonds is 7. The van der Waals surface area contributed by atoms with Crippen molar-refractivity contribution in [3.05, 3.63) is 28.8 Å². The number of ether oxygens (including phenoxy) is 1. The van der Waals surface area contributed by atoms with Gasteiger partial charge in [0.15, 0.2) is 16.4 Å². The van der Waals surface area contributed by atoms with Gasteiger partial charge in [0.1, 0.15) is 5.75 Å². The molecule has 0 spiro atoms. The highest BCUT2D eigenvalue weighted by molar-refractivity contribution is 7.92. The highest BCUT2D eigenvalue weighted by Gasteiger charge is 2.28. The van der Waals surface area contributed by atoms with Crippen LogP contribution in [0.25, 0.3) is 0 Å². The molecule has 140 valence electrons. The average Bonchev–Trinajstić information content (AvgIpc) is 2.44. The zero-order valence-electron chi connectivity index (χ0n) is 15.2. The first kappa shape index (κ1) is 21.0.